The molecule has 0 amide bonds. The molecule has 2 aromatic carbocycles. The standard InChI is InChI=1S/C15H13NO4/c1-19-16-14(15(17)18)12-9-5-6-10-13(12)20-11-7-3-2-4-8-11/h2-10H,1H3,(H,17,18)/b16-14-. The van der Waals surface area contributed by atoms with E-state index < -0.39 is 5.97 Å². The Balaban J connectivity index is 2.40. The van der Waals surface area contributed by atoms with Crippen molar-refractivity contribution in [2.45, 2.75) is 0 Å². The number of para-hydroxylation sites is 2. The number of oxime groups is 1. The molecule has 2 rings (SSSR count). The fraction of sp³-hybridized carbons (Fsp3) is 0.0667. The van der Waals surface area contributed by atoms with Crippen molar-refractivity contribution >= 4 is 11.7 Å². The lowest BCUT2D eigenvalue weighted by Crippen LogP contribution is -2.15. The third-order valence-corrected chi connectivity index (χ3v) is 2.50. The highest BCUT2D eigenvalue weighted by atomic mass is 16.6. The number of hydrogen-bond acceptors (Lipinski definition) is 4. The minimum atomic E-state index is -1.18. The maximum atomic E-state index is 11.2. The molecule has 0 aliphatic heterocycles. The van der Waals surface area contributed by atoms with E-state index in [1.54, 1.807) is 36.4 Å². The first kappa shape index (κ1) is 13.6. The van der Waals surface area contributed by atoms with Crippen LogP contribution in [0.5, 0.6) is 11.5 Å². The smallest absolute Gasteiger partial charge is 0.358 e. The number of carboxylic acid groups (broad SMARTS) is 1. The van der Waals surface area contributed by atoms with Crippen LogP contribution in [-0.2, 0) is 9.63 Å². The largest absolute Gasteiger partial charge is 0.476 e. The highest BCUT2D eigenvalue weighted by molar-refractivity contribution is 6.43. The summed E-state index contributed by atoms with van der Waals surface area (Å²) in [5, 5.41) is 12.7. The molecule has 2 aromatic rings. The van der Waals surface area contributed by atoms with Gasteiger partial charge < -0.3 is 14.7 Å². The van der Waals surface area contributed by atoms with Gasteiger partial charge in [0.05, 0.1) is 5.56 Å². The maximum absolute atomic E-state index is 11.2. The van der Waals surface area contributed by atoms with Gasteiger partial charge in [-0.15, -0.1) is 0 Å². The predicted molar refractivity (Wildman–Crippen MR) is 74.1 cm³/mol. The first-order valence-electron chi connectivity index (χ1n) is 5.89. The zero-order valence-electron chi connectivity index (χ0n) is 10.8. The Morgan fingerprint density at radius 2 is 1.70 bits per heavy atom. The van der Waals surface area contributed by atoms with Crippen molar-refractivity contribution in [3.8, 4) is 11.5 Å². The SMILES string of the molecule is CO/N=C(\C(=O)O)c1ccccc1Oc1ccccc1. The second-order valence-electron chi connectivity index (χ2n) is 3.84. The summed E-state index contributed by atoms with van der Waals surface area (Å²) in [6.45, 7) is 0. The van der Waals surface area contributed by atoms with Gasteiger partial charge in [-0.2, -0.15) is 0 Å². The molecule has 0 radical (unpaired) electrons. The Kier molecular flexibility index (Phi) is 4.34. The summed E-state index contributed by atoms with van der Waals surface area (Å²) < 4.78 is 5.69. The van der Waals surface area contributed by atoms with Crippen LogP contribution in [0.15, 0.2) is 59.8 Å². The van der Waals surface area contributed by atoms with Crippen LogP contribution >= 0.6 is 0 Å². The van der Waals surface area contributed by atoms with Crippen LogP contribution in [0.2, 0.25) is 0 Å². The van der Waals surface area contributed by atoms with Crippen molar-refractivity contribution in [1.29, 1.82) is 0 Å². The van der Waals surface area contributed by atoms with E-state index in [-0.39, 0.29) is 5.71 Å². The lowest BCUT2D eigenvalue weighted by atomic mass is 10.1. The molecule has 0 heterocycles. The molecular formula is C15H13NO4. The quantitative estimate of drug-likeness (QED) is 0.670. The van der Waals surface area contributed by atoms with E-state index in [1.165, 1.54) is 7.11 Å². The molecule has 102 valence electrons. The molecule has 5 nitrogen and oxygen atoms in total. The van der Waals surface area contributed by atoms with Gasteiger partial charge in [0.15, 0.2) is 5.71 Å². The fourth-order valence-electron chi connectivity index (χ4n) is 1.66. The summed E-state index contributed by atoms with van der Waals surface area (Å²) in [5.74, 6) is -0.171. The molecule has 0 aliphatic carbocycles. The number of hydrogen-bond donors (Lipinski definition) is 1. The van der Waals surface area contributed by atoms with Crippen LogP contribution < -0.4 is 4.74 Å². The number of aliphatic carboxylic acids is 1. The van der Waals surface area contributed by atoms with Crippen molar-refractivity contribution in [3.63, 3.8) is 0 Å². The normalized spacial score (nSPS) is 10.9. The Labute approximate surface area is 116 Å². The van der Waals surface area contributed by atoms with Gasteiger partial charge >= 0.3 is 5.97 Å². The van der Waals surface area contributed by atoms with E-state index in [0.717, 1.165) is 0 Å². The predicted octanol–water partition coefficient (Wildman–Crippen LogP) is 2.91. The minimum Gasteiger partial charge on any atom is -0.476 e. The monoisotopic (exact) mass is 271 g/mol. The van der Waals surface area contributed by atoms with Crippen molar-refractivity contribution < 1.29 is 19.5 Å². The Hall–Kier alpha value is -2.82. The van der Waals surface area contributed by atoms with Crippen LogP contribution in [-0.4, -0.2) is 23.9 Å². The molecule has 0 saturated heterocycles. The topological polar surface area (TPSA) is 68.1 Å². The van der Waals surface area contributed by atoms with Gasteiger partial charge in [0.2, 0.25) is 0 Å². The van der Waals surface area contributed by atoms with Gasteiger partial charge in [-0.25, -0.2) is 4.79 Å². The molecule has 1 N–H and O–H groups in total. The Morgan fingerprint density at radius 3 is 2.35 bits per heavy atom. The zero-order valence-corrected chi connectivity index (χ0v) is 10.8. The third kappa shape index (κ3) is 3.14. The van der Waals surface area contributed by atoms with Gasteiger partial charge in [0.1, 0.15) is 18.6 Å². The molecule has 0 fully saturated rings. The maximum Gasteiger partial charge on any atom is 0.358 e. The lowest BCUT2D eigenvalue weighted by Gasteiger charge is -2.10. The lowest BCUT2D eigenvalue weighted by molar-refractivity contribution is -0.129. The van der Waals surface area contributed by atoms with E-state index >= 15 is 0 Å². The molecule has 0 atom stereocenters. The van der Waals surface area contributed by atoms with E-state index in [1.807, 2.05) is 18.2 Å². The molecule has 0 aliphatic rings. The number of nitrogens with zero attached hydrogens (tertiary/aromatic N) is 1. The summed E-state index contributed by atoms with van der Waals surface area (Å²) in [4.78, 5) is 15.8. The van der Waals surface area contributed by atoms with Crippen LogP contribution in [0.25, 0.3) is 0 Å². The van der Waals surface area contributed by atoms with Crippen molar-refractivity contribution in [1.82, 2.24) is 0 Å². The van der Waals surface area contributed by atoms with Crippen LogP contribution in [0.3, 0.4) is 0 Å². The summed E-state index contributed by atoms with van der Waals surface area (Å²) in [6, 6.07) is 15.9. The minimum absolute atomic E-state index is 0.209. The molecule has 20 heavy (non-hydrogen) atoms. The van der Waals surface area contributed by atoms with Crippen LogP contribution in [0.1, 0.15) is 5.56 Å². The first-order valence-corrected chi connectivity index (χ1v) is 5.89. The van der Waals surface area contributed by atoms with Crippen molar-refractivity contribution in [2.24, 2.45) is 5.16 Å². The molecule has 0 unspecified atom stereocenters. The van der Waals surface area contributed by atoms with E-state index in [9.17, 15) is 9.90 Å². The zero-order chi connectivity index (χ0) is 14.4. The fourth-order valence-corrected chi connectivity index (χ4v) is 1.66. The van der Waals surface area contributed by atoms with Gasteiger partial charge in [-0.1, -0.05) is 35.5 Å². The Morgan fingerprint density at radius 1 is 1.05 bits per heavy atom. The number of benzene rings is 2. The van der Waals surface area contributed by atoms with Gasteiger partial charge in [-0.05, 0) is 24.3 Å². The van der Waals surface area contributed by atoms with Crippen LogP contribution in [0, 0.1) is 0 Å². The summed E-state index contributed by atoms with van der Waals surface area (Å²) in [7, 11) is 1.30. The van der Waals surface area contributed by atoms with Gasteiger partial charge in [0.25, 0.3) is 0 Å². The highest BCUT2D eigenvalue weighted by Crippen LogP contribution is 2.25. The first-order chi connectivity index (χ1) is 9.72. The third-order valence-electron chi connectivity index (χ3n) is 2.50. The molecule has 0 bridgehead atoms. The van der Waals surface area contributed by atoms with E-state index in [2.05, 4.69) is 9.99 Å². The summed E-state index contributed by atoms with van der Waals surface area (Å²) >= 11 is 0. The molecule has 0 saturated carbocycles. The number of carbonyl (C=O) groups is 1. The van der Waals surface area contributed by atoms with Gasteiger partial charge in [0, 0.05) is 0 Å². The molecule has 5 heteroatoms. The molecule has 0 spiro atoms. The van der Waals surface area contributed by atoms with E-state index in [0.29, 0.717) is 17.1 Å². The van der Waals surface area contributed by atoms with Crippen molar-refractivity contribution in [2.75, 3.05) is 7.11 Å². The van der Waals surface area contributed by atoms with Crippen LogP contribution in [0.4, 0.5) is 0 Å². The second-order valence-corrected chi connectivity index (χ2v) is 3.84. The number of ether oxygens (including phenoxy) is 1. The molecule has 0 aromatic heterocycles. The highest BCUT2D eigenvalue weighted by Gasteiger charge is 2.18. The summed E-state index contributed by atoms with van der Waals surface area (Å²) in [6.07, 6.45) is 0. The molecular weight excluding hydrogens is 258 g/mol. The Bertz CT molecular complexity index is 623. The second kappa shape index (κ2) is 6.38. The number of rotatable bonds is 5. The van der Waals surface area contributed by atoms with Gasteiger partial charge in [-0.3, -0.25) is 0 Å². The average molecular weight is 271 g/mol. The average Bonchev–Trinajstić information content (AvgIpc) is 2.46. The summed E-state index contributed by atoms with van der Waals surface area (Å²) in [5.41, 5.74) is 0.143. The van der Waals surface area contributed by atoms with Crippen molar-refractivity contribution in [3.05, 3.63) is 60.2 Å². The number of carboxylic acids is 1. The van der Waals surface area contributed by atoms with E-state index in [4.69, 9.17) is 4.74 Å².